The molecule has 17 heavy (non-hydrogen) atoms. The zero-order valence-corrected chi connectivity index (χ0v) is 12.2. The van der Waals surface area contributed by atoms with Crippen LogP contribution in [0.5, 0.6) is 0 Å². The Morgan fingerprint density at radius 1 is 0.765 bits per heavy atom. The number of benzene rings is 1. The Kier molecular flexibility index (Phi) is 3.75. The van der Waals surface area contributed by atoms with E-state index < -0.39 is 0 Å². The first kappa shape index (κ1) is 13.9. The smallest absolute Gasteiger partial charge is 0.0582 e. The van der Waals surface area contributed by atoms with E-state index in [-0.39, 0.29) is 11.1 Å². The molecule has 1 rings (SSSR count). The van der Waals surface area contributed by atoms with Crippen molar-refractivity contribution in [3.8, 4) is 0 Å². The highest BCUT2D eigenvalue weighted by Crippen LogP contribution is 2.28. The molecule has 2 heteroatoms. The topological polar surface area (TPSA) is 24.1 Å². The van der Waals surface area contributed by atoms with Crippen LogP contribution in [0.3, 0.4) is 0 Å². The molecule has 2 N–H and O–H groups in total. The normalized spacial score (nSPS) is 12.4. The van der Waals surface area contributed by atoms with Crippen LogP contribution in [0.15, 0.2) is 18.2 Å². The Morgan fingerprint density at radius 3 is 1.71 bits per heavy atom. The highest BCUT2D eigenvalue weighted by molar-refractivity contribution is 5.71. The second kappa shape index (κ2) is 4.59. The second-order valence-corrected chi connectivity index (χ2v) is 6.80. The summed E-state index contributed by atoms with van der Waals surface area (Å²) in [4.78, 5) is 0. The summed E-state index contributed by atoms with van der Waals surface area (Å²) in [5, 5.41) is 7.09. The molecular weight excluding hydrogens is 208 g/mol. The van der Waals surface area contributed by atoms with E-state index in [9.17, 15) is 0 Å². The number of anilines is 2. The lowest BCUT2D eigenvalue weighted by molar-refractivity contribution is 0.624. The molecule has 0 saturated heterocycles. The average Bonchev–Trinajstić information content (AvgIpc) is 2.05. The van der Waals surface area contributed by atoms with Gasteiger partial charge < -0.3 is 10.6 Å². The Hall–Kier alpha value is -1.18. The van der Waals surface area contributed by atoms with E-state index in [2.05, 4.69) is 77.3 Å². The van der Waals surface area contributed by atoms with Crippen molar-refractivity contribution < 1.29 is 0 Å². The first-order valence-corrected chi connectivity index (χ1v) is 6.24. The molecule has 2 nitrogen and oxygen atoms in total. The maximum absolute atomic E-state index is 3.55. The summed E-state index contributed by atoms with van der Waals surface area (Å²) in [5.74, 6) is 0. The number of hydrogen-bond acceptors (Lipinski definition) is 2. The molecule has 1 aromatic carbocycles. The van der Waals surface area contributed by atoms with E-state index in [1.807, 2.05) is 0 Å². The molecule has 0 aromatic heterocycles. The van der Waals surface area contributed by atoms with Crippen LogP contribution in [-0.4, -0.2) is 11.1 Å². The summed E-state index contributed by atoms with van der Waals surface area (Å²) >= 11 is 0. The molecule has 0 radical (unpaired) electrons. The fourth-order valence-corrected chi connectivity index (χ4v) is 1.68. The van der Waals surface area contributed by atoms with Crippen molar-refractivity contribution in [2.24, 2.45) is 0 Å². The van der Waals surface area contributed by atoms with Gasteiger partial charge in [0.2, 0.25) is 0 Å². The molecule has 0 aliphatic carbocycles. The standard InChI is InChI=1S/C15H26N2/c1-11-8-9-12(16-14(2,3)4)13(10-11)17-15(5,6)7/h8-10,16-17H,1-7H3. The van der Waals surface area contributed by atoms with Crippen LogP contribution in [0.1, 0.15) is 47.1 Å². The Morgan fingerprint density at radius 2 is 1.24 bits per heavy atom. The maximum atomic E-state index is 3.55. The quantitative estimate of drug-likeness (QED) is 0.791. The molecule has 0 amide bonds. The fraction of sp³-hybridized carbons (Fsp3) is 0.600. The molecule has 0 fully saturated rings. The van der Waals surface area contributed by atoms with Crippen LogP contribution < -0.4 is 10.6 Å². The third kappa shape index (κ3) is 5.12. The predicted octanol–water partition coefficient (Wildman–Crippen LogP) is 4.42. The lowest BCUT2D eigenvalue weighted by Crippen LogP contribution is -2.30. The van der Waals surface area contributed by atoms with Crippen molar-refractivity contribution in [1.29, 1.82) is 0 Å². The summed E-state index contributed by atoms with van der Waals surface area (Å²) < 4.78 is 0. The fourth-order valence-electron chi connectivity index (χ4n) is 1.68. The molecule has 0 unspecified atom stereocenters. The van der Waals surface area contributed by atoms with Crippen LogP contribution >= 0.6 is 0 Å². The summed E-state index contributed by atoms with van der Waals surface area (Å²) in [7, 11) is 0. The van der Waals surface area contributed by atoms with E-state index >= 15 is 0 Å². The van der Waals surface area contributed by atoms with Crippen molar-refractivity contribution in [2.75, 3.05) is 10.6 Å². The number of nitrogens with one attached hydrogen (secondary N) is 2. The number of hydrogen-bond donors (Lipinski definition) is 2. The molecule has 0 aliphatic heterocycles. The van der Waals surface area contributed by atoms with Crippen LogP contribution in [0.4, 0.5) is 11.4 Å². The lowest BCUT2D eigenvalue weighted by Gasteiger charge is -2.28. The van der Waals surface area contributed by atoms with Crippen LogP contribution in [0.2, 0.25) is 0 Å². The molecule has 96 valence electrons. The average molecular weight is 234 g/mol. The largest absolute Gasteiger partial charge is 0.379 e. The van der Waals surface area contributed by atoms with Crippen molar-refractivity contribution >= 4 is 11.4 Å². The van der Waals surface area contributed by atoms with Crippen molar-refractivity contribution in [2.45, 2.75) is 59.5 Å². The monoisotopic (exact) mass is 234 g/mol. The van der Waals surface area contributed by atoms with Gasteiger partial charge in [0.15, 0.2) is 0 Å². The molecule has 0 bridgehead atoms. The van der Waals surface area contributed by atoms with Gasteiger partial charge in [-0.05, 0) is 66.2 Å². The number of aryl methyl sites for hydroxylation is 1. The minimum absolute atomic E-state index is 0.0715. The summed E-state index contributed by atoms with van der Waals surface area (Å²) in [6, 6.07) is 6.48. The van der Waals surface area contributed by atoms with Gasteiger partial charge in [-0.1, -0.05) is 6.07 Å². The van der Waals surface area contributed by atoms with Gasteiger partial charge in [-0.15, -0.1) is 0 Å². The molecule has 0 atom stereocenters. The van der Waals surface area contributed by atoms with Crippen LogP contribution in [0, 0.1) is 6.92 Å². The molecule has 0 aliphatic rings. The molecule has 0 spiro atoms. The summed E-state index contributed by atoms with van der Waals surface area (Å²) in [6.45, 7) is 15.2. The summed E-state index contributed by atoms with van der Waals surface area (Å²) in [6.07, 6.45) is 0. The molecule has 0 heterocycles. The Balaban J connectivity index is 3.04. The zero-order valence-electron chi connectivity index (χ0n) is 12.2. The third-order valence-electron chi connectivity index (χ3n) is 2.19. The van der Waals surface area contributed by atoms with E-state index in [1.54, 1.807) is 0 Å². The zero-order chi connectivity index (χ0) is 13.3. The Bertz CT molecular complexity index is 381. The van der Waals surface area contributed by atoms with Gasteiger partial charge in [0.05, 0.1) is 11.4 Å². The van der Waals surface area contributed by atoms with E-state index in [0.717, 1.165) is 5.69 Å². The molecule has 1 aromatic rings. The third-order valence-corrected chi connectivity index (χ3v) is 2.19. The van der Waals surface area contributed by atoms with Gasteiger partial charge >= 0.3 is 0 Å². The van der Waals surface area contributed by atoms with E-state index in [4.69, 9.17) is 0 Å². The Labute approximate surface area is 106 Å². The maximum Gasteiger partial charge on any atom is 0.0582 e. The van der Waals surface area contributed by atoms with Gasteiger partial charge in [0, 0.05) is 11.1 Å². The lowest BCUT2D eigenvalue weighted by atomic mass is 10.0. The van der Waals surface area contributed by atoms with Gasteiger partial charge in [-0.2, -0.15) is 0 Å². The highest BCUT2D eigenvalue weighted by atomic mass is 15.0. The first-order valence-electron chi connectivity index (χ1n) is 6.24. The highest BCUT2D eigenvalue weighted by Gasteiger charge is 2.16. The SMILES string of the molecule is Cc1ccc(NC(C)(C)C)c(NC(C)(C)C)c1. The van der Waals surface area contributed by atoms with Crippen molar-refractivity contribution in [1.82, 2.24) is 0 Å². The van der Waals surface area contributed by atoms with E-state index in [0.29, 0.717) is 0 Å². The van der Waals surface area contributed by atoms with Crippen LogP contribution in [-0.2, 0) is 0 Å². The summed E-state index contributed by atoms with van der Waals surface area (Å²) in [5.41, 5.74) is 3.76. The molecule has 0 saturated carbocycles. The van der Waals surface area contributed by atoms with Gasteiger partial charge in [0.25, 0.3) is 0 Å². The van der Waals surface area contributed by atoms with Gasteiger partial charge in [-0.3, -0.25) is 0 Å². The van der Waals surface area contributed by atoms with Crippen molar-refractivity contribution in [3.63, 3.8) is 0 Å². The first-order chi connectivity index (χ1) is 7.57. The van der Waals surface area contributed by atoms with Gasteiger partial charge in [-0.25, -0.2) is 0 Å². The van der Waals surface area contributed by atoms with Crippen molar-refractivity contribution in [3.05, 3.63) is 23.8 Å². The van der Waals surface area contributed by atoms with Crippen LogP contribution in [0.25, 0.3) is 0 Å². The second-order valence-electron chi connectivity index (χ2n) is 6.80. The number of rotatable bonds is 2. The van der Waals surface area contributed by atoms with E-state index in [1.165, 1.54) is 11.3 Å². The predicted molar refractivity (Wildman–Crippen MR) is 77.9 cm³/mol. The minimum Gasteiger partial charge on any atom is -0.379 e. The minimum atomic E-state index is 0.0715. The molecular formula is C15H26N2. The van der Waals surface area contributed by atoms with Gasteiger partial charge in [0.1, 0.15) is 0 Å².